The Kier molecular flexibility index (Phi) is 4.37. The maximum Gasteiger partial charge on any atom is 0.252 e. The number of nitrogens with zero attached hydrogens (tertiary/aromatic N) is 3. The fourth-order valence-corrected chi connectivity index (χ4v) is 5.70. The Morgan fingerprint density at radius 2 is 1.93 bits per heavy atom. The van der Waals surface area contributed by atoms with Gasteiger partial charge in [0, 0.05) is 25.7 Å². The molecule has 3 saturated heterocycles. The molecule has 1 aromatic heterocycles. The summed E-state index contributed by atoms with van der Waals surface area (Å²) < 4.78 is 5.63. The van der Waals surface area contributed by atoms with E-state index >= 15 is 0 Å². The molecule has 28 heavy (non-hydrogen) atoms. The third-order valence-electron chi connectivity index (χ3n) is 7.15. The van der Waals surface area contributed by atoms with Gasteiger partial charge >= 0.3 is 0 Å². The highest BCUT2D eigenvalue weighted by Crippen LogP contribution is 2.43. The molecule has 2 atom stereocenters. The zero-order valence-electron chi connectivity index (χ0n) is 16.5. The van der Waals surface area contributed by atoms with E-state index in [0.29, 0.717) is 37.9 Å². The molecular weight excluding hydrogens is 358 g/mol. The molecular formula is C21H29N3O4. The first-order valence-corrected chi connectivity index (χ1v) is 10.6. The van der Waals surface area contributed by atoms with Gasteiger partial charge in [-0.2, -0.15) is 0 Å². The quantitative estimate of drug-likeness (QED) is 0.788. The lowest BCUT2D eigenvalue weighted by Gasteiger charge is -2.60. The van der Waals surface area contributed by atoms with Crippen LogP contribution in [0.2, 0.25) is 0 Å². The third kappa shape index (κ3) is 2.75. The molecule has 7 nitrogen and oxygen atoms in total. The van der Waals surface area contributed by atoms with E-state index < -0.39 is 17.7 Å². The Labute approximate surface area is 165 Å². The largest absolute Gasteiger partial charge is 0.464 e. The van der Waals surface area contributed by atoms with Gasteiger partial charge in [-0.25, -0.2) is 0 Å². The molecule has 1 N–H and O–H groups in total. The van der Waals surface area contributed by atoms with Gasteiger partial charge in [0.25, 0.3) is 5.91 Å². The van der Waals surface area contributed by atoms with Crippen LogP contribution in [-0.4, -0.2) is 75.0 Å². The zero-order chi connectivity index (χ0) is 19.5. The van der Waals surface area contributed by atoms with E-state index in [-0.39, 0.29) is 18.4 Å². The van der Waals surface area contributed by atoms with Crippen LogP contribution in [0.5, 0.6) is 0 Å². The SMILES string of the molecule is Cc1ccc(CN2C(=O)[C@@H]3C[C@@H](O)CN3C3(CN(C4CCCCC4)C3)C2=O)o1. The lowest BCUT2D eigenvalue weighted by atomic mass is 9.79. The van der Waals surface area contributed by atoms with Gasteiger partial charge in [0.2, 0.25) is 5.91 Å². The van der Waals surface area contributed by atoms with Crippen molar-refractivity contribution in [3.8, 4) is 0 Å². The second-order valence-electron chi connectivity index (χ2n) is 9.03. The van der Waals surface area contributed by atoms with Crippen molar-refractivity contribution in [2.75, 3.05) is 19.6 Å². The van der Waals surface area contributed by atoms with E-state index in [1.54, 1.807) is 0 Å². The lowest BCUT2D eigenvalue weighted by Crippen LogP contribution is -2.82. The summed E-state index contributed by atoms with van der Waals surface area (Å²) in [7, 11) is 0. The molecule has 1 saturated carbocycles. The van der Waals surface area contributed by atoms with Gasteiger partial charge in [-0.1, -0.05) is 19.3 Å². The van der Waals surface area contributed by atoms with Gasteiger partial charge in [0.15, 0.2) is 0 Å². The molecule has 1 aromatic rings. The standard InChI is InChI=1S/C21H29N3O4/c1-14-7-8-17(28-14)11-23-19(26)18-9-16(25)10-24(18)21(20(23)27)12-22(13-21)15-5-3-2-4-6-15/h7-8,15-16,18,25H,2-6,9-13H2,1H3/t16-,18+/m1/s1. The number of fused-ring (bicyclic) bond motifs is 2. The number of carbonyl (C=O) groups is 2. The fourth-order valence-electron chi connectivity index (χ4n) is 5.70. The van der Waals surface area contributed by atoms with Crippen molar-refractivity contribution in [2.45, 2.75) is 75.7 Å². The van der Waals surface area contributed by atoms with Gasteiger partial charge in [-0.05, 0) is 38.3 Å². The average molecular weight is 387 g/mol. The predicted molar refractivity (Wildman–Crippen MR) is 101 cm³/mol. The number of carbonyl (C=O) groups excluding carboxylic acids is 2. The highest BCUT2D eigenvalue weighted by Gasteiger charge is 2.64. The number of piperazine rings is 1. The minimum Gasteiger partial charge on any atom is -0.464 e. The maximum absolute atomic E-state index is 13.5. The second-order valence-corrected chi connectivity index (χ2v) is 9.03. The number of β-amino-alcohol motifs (C(OH)–C–C–N with tert-alkyl or cyclic N) is 1. The molecule has 1 aliphatic carbocycles. The summed E-state index contributed by atoms with van der Waals surface area (Å²) in [5.74, 6) is 1.08. The first-order chi connectivity index (χ1) is 13.5. The summed E-state index contributed by atoms with van der Waals surface area (Å²) in [5.41, 5.74) is -0.671. The van der Waals surface area contributed by atoms with Crippen molar-refractivity contribution in [3.05, 3.63) is 23.7 Å². The van der Waals surface area contributed by atoms with Crippen LogP contribution in [0.4, 0.5) is 0 Å². The summed E-state index contributed by atoms with van der Waals surface area (Å²) in [6.07, 6.45) is 6.08. The molecule has 5 rings (SSSR count). The van der Waals surface area contributed by atoms with E-state index in [4.69, 9.17) is 4.42 Å². The normalized spacial score (nSPS) is 31.4. The van der Waals surface area contributed by atoms with Crippen molar-refractivity contribution in [1.82, 2.24) is 14.7 Å². The van der Waals surface area contributed by atoms with Crippen LogP contribution in [0.1, 0.15) is 50.0 Å². The van der Waals surface area contributed by atoms with Gasteiger partial charge in [-0.15, -0.1) is 0 Å². The Bertz CT molecular complexity index is 778. The Balaban J connectivity index is 1.40. The molecule has 2 amide bonds. The summed E-state index contributed by atoms with van der Waals surface area (Å²) >= 11 is 0. The number of likely N-dealkylation sites (tertiary alicyclic amines) is 1. The van der Waals surface area contributed by atoms with E-state index in [9.17, 15) is 14.7 Å². The molecule has 0 unspecified atom stereocenters. The topological polar surface area (TPSA) is 77.2 Å². The van der Waals surface area contributed by atoms with E-state index in [1.807, 2.05) is 24.0 Å². The Hall–Kier alpha value is -1.70. The van der Waals surface area contributed by atoms with Crippen molar-refractivity contribution in [2.24, 2.45) is 0 Å². The Morgan fingerprint density at radius 3 is 2.61 bits per heavy atom. The van der Waals surface area contributed by atoms with Crippen LogP contribution < -0.4 is 0 Å². The van der Waals surface area contributed by atoms with Crippen LogP contribution in [-0.2, 0) is 16.1 Å². The summed E-state index contributed by atoms with van der Waals surface area (Å²) in [6.45, 7) is 3.78. The summed E-state index contributed by atoms with van der Waals surface area (Å²) in [4.78, 5) is 32.4. The number of aliphatic hydroxyl groups excluding tert-OH is 1. The average Bonchev–Trinajstić information content (AvgIpc) is 3.24. The third-order valence-corrected chi connectivity index (χ3v) is 7.15. The van der Waals surface area contributed by atoms with Crippen molar-refractivity contribution in [1.29, 1.82) is 0 Å². The highest BCUT2D eigenvalue weighted by molar-refractivity contribution is 6.06. The van der Waals surface area contributed by atoms with Gasteiger partial charge in [0.1, 0.15) is 17.1 Å². The second kappa shape index (κ2) is 6.68. The molecule has 152 valence electrons. The molecule has 4 heterocycles. The molecule has 4 fully saturated rings. The maximum atomic E-state index is 13.5. The van der Waals surface area contributed by atoms with Crippen molar-refractivity contribution in [3.63, 3.8) is 0 Å². The minimum absolute atomic E-state index is 0.121. The van der Waals surface area contributed by atoms with Gasteiger partial charge in [-0.3, -0.25) is 24.3 Å². The first-order valence-electron chi connectivity index (χ1n) is 10.6. The summed E-state index contributed by atoms with van der Waals surface area (Å²) in [6, 6.07) is 3.83. The predicted octanol–water partition coefficient (Wildman–Crippen LogP) is 1.28. The van der Waals surface area contributed by atoms with Crippen LogP contribution in [0.15, 0.2) is 16.5 Å². The molecule has 1 spiro atoms. The molecule has 0 bridgehead atoms. The zero-order valence-corrected chi connectivity index (χ0v) is 16.5. The van der Waals surface area contributed by atoms with E-state index in [2.05, 4.69) is 4.90 Å². The van der Waals surface area contributed by atoms with Crippen LogP contribution in [0.25, 0.3) is 0 Å². The summed E-state index contributed by atoms with van der Waals surface area (Å²) in [5, 5.41) is 10.3. The number of rotatable bonds is 3. The number of imide groups is 1. The molecule has 7 heteroatoms. The first kappa shape index (κ1) is 18.3. The van der Waals surface area contributed by atoms with E-state index in [1.165, 1.54) is 37.0 Å². The van der Waals surface area contributed by atoms with Crippen molar-refractivity contribution >= 4 is 11.8 Å². The molecule has 4 aliphatic rings. The van der Waals surface area contributed by atoms with Gasteiger partial charge in [0.05, 0.1) is 18.7 Å². The molecule has 3 aliphatic heterocycles. The Morgan fingerprint density at radius 1 is 1.18 bits per heavy atom. The molecule has 0 aromatic carbocycles. The number of aliphatic hydroxyl groups is 1. The van der Waals surface area contributed by atoms with Crippen LogP contribution >= 0.6 is 0 Å². The minimum atomic E-state index is -0.671. The number of hydrogen-bond donors (Lipinski definition) is 1. The van der Waals surface area contributed by atoms with Crippen LogP contribution in [0.3, 0.4) is 0 Å². The monoisotopic (exact) mass is 387 g/mol. The molecule has 0 radical (unpaired) electrons. The lowest BCUT2D eigenvalue weighted by molar-refractivity contribution is -0.184. The number of hydrogen-bond acceptors (Lipinski definition) is 6. The number of amides is 2. The fraction of sp³-hybridized carbons (Fsp3) is 0.714. The van der Waals surface area contributed by atoms with Crippen LogP contribution in [0, 0.1) is 6.92 Å². The van der Waals surface area contributed by atoms with Crippen molar-refractivity contribution < 1.29 is 19.1 Å². The number of furan rings is 1. The number of aryl methyl sites for hydroxylation is 1. The smallest absolute Gasteiger partial charge is 0.252 e. The van der Waals surface area contributed by atoms with Gasteiger partial charge < -0.3 is 9.52 Å². The van der Waals surface area contributed by atoms with E-state index in [0.717, 1.165) is 5.76 Å². The highest BCUT2D eigenvalue weighted by atomic mass is 16.3.